The van der Waals surface area contributed by atoms with Crippen molar-refractivity contribution >= 4 is 35.7 Å². The highest BCUT2D eigenvalue weighted by atomic mass is 32.2. The fraction of sp³-hybridized carbons (Fsp3) is 0. The van der Waals surface area contributed by atoms with Gasteiger partial charge in [0.05, 0.1) is 10.9 Å². The number of hydrogen-bond acceptors (Lipinski definition) is 2. The normalized spacial score (nSPS) is 11.0. The van der Waals surface area contributed by atoms with Crippen molar-refractivity contribution in [3.63, 3.8) is 0 Å². The van der Waals surface area contributed by atoms with E-state index in [1.54, 1.807) is 11.8 Å². The van der Waals surface area contributed by atoms with Crippen molar-refractivity contribution in [2.45, 2.75) is 24.5 Å². The Kier molecular flexibility index (Phi) is 9.68. The number of benzene rings is 5. The SMILES string of the molecule is F[B-](F)(F)F.O=C(c1ccccc1)c1cccc(Sc2ccc([S+](c3ccccc3)c3ccccc3)cc2)c1. The predicted octanol–water partition coefficient (Wildman–Crippen LogP) is 9.46. The zero-order chi connectivity index (χ0) is 27.7. The summed E-state index contributed by atoms with van der Waals surface area (Å²) in [6, 6.07) is 47.5. The van der Waals surface area contributed by atoms with Crippen LogP contribution in [-0.2, 0) is 10.9 Å². The van der Waals surface area contributed by atoms with Gasteiger partial charge in [-0.2, -0.15) is 0 Å². The van der Waals surface area contributed by atoms with Gasteiger partial charge in [-0.1, -0.05) is 90.6 Å². The van der Waals surface area contributed by atoms with Crippen molar-refractivity contribution in [3.05, 3.63) is 151 Å². The van der Waals surface area contributed by atoms with Crippen LogP contribution in [0.4, 0.5) is 17.3 Å². The first-order valence-electron chi connectivity index (χ1n) is 12.0. The monoisotopic (exact) mass is 562 g/mol. The van der Waals surface area contributed by atoms with Crippen molar-refractivity contribution in [1.29, 1.82) is 0 Å². The first-order valence-corrected chi connectivity index (χ1v) is 14.0. The molecule has 0 aliphatic rings. The van der Waals surface area contributed by atoms with Gasteiger partial charge in [0.2, 0.25) is 0 Å². The molecule has 196 valence electrons. The molecule has 0 saturated carbocycles. The van der Waals surface area contributed by atoms with Crippen LogP contribution < -0.4 is 0 Å². The van der Waals surface area contributed by atoms with E-state index in [9.17, 15) is 22.1 Å². The third-order valence-corrected chi connectivity index (χ3v) is 8.61. The molecular formula is C31H23BF4OS2. The van der Waals surface area contributed by atoms with Crippen LogP contribution in [0.25, 0.3) is 0 Å². The topological polar surface area (TPSA) is 17.1 Å². The van der Waals surface area contributed by atoms with Crippen LogP contribution in [0.2, 0.25) is 0 Å². The van der Waals surface area contributed by atoms with E-state index in [4.69, 9.17) is 0 Å². The van der Waals surface area contributed by atoms with E-state index in [1.165, 1.54) is 14.7 Å². The smallest absolute Gasteiger partial charge is 0.418 e. The summed E-state index contributed by atoms with van der Waals surface area (Å²) in [5.74, 6) is 0.0492. The first kappa shape index (κ1) is 28.3. The van der Waals surface area contributed by atoms with Crippen LogP contribution in [-0.4, -0.2) is 13.0 Å². The van der Waals surface area contributed by atoms with Gasteiger partial charge in [-0.25, -0.2) is 0 Å². The number of ketones is 1. The van der Waals surface area contributed by atoms with Gasteiger partial charge in [-0.3, -0.25) is 4.79 Å². The Morgan fingerprint density at radius 1 is 0.513 bits per heavy atom. The second-order valence-corrected chi connectivity index (χ2v) is 11.4. The second kappa shape index (κ2) is 13.4. The number of hydrogen-bond donors (Lipinski definition) is 0. The molecule has 0 N–H and O–H groups in total. The maximum absolute atomic E-state index is 12.8. The van der Waals surface area contributed by atoms with Gasteiger partial charge in [-0.15, -0.1) is 0 Å². The molecule has 5 aromatic carbocycles. The van der Waals surface area contributed by atoms with Gasteiger partial charge >= 0.3 is 7.25 Å². The molecule has 0 bridgehead atoms. The number of rotatable bonds is 7. The van der Waals surface area contributed by atoms with E-state index in [0.29, 0.717) is 11.1 Å². The average molecular weight is 562 g/mol. The lowest BCUT2D eigenvalue weighted by molar-refractivity contribution is 0.103. The van der Waals surface area contributed by atoms with Crippen LogP contribution >= 0.6 is 11.8 Å². The lowest BCUT2D eigenvalue weighted by Gasteiger charge is -2.09. The summed E-state index contributed by atoms with van der Waals surface area (Å²) in [6.45, 7) is 0. The van der Waals surface area contributed by atoms with Gasteiger partial charge in [0, 0.05) is 20.9 Å². The van der Waals surface area contributed by atoms with Crippen molar-refractivity contribution < 1.29 is 22.1 Å². The summed E-state index contributed by atoms with van der Waals surface area (Å²) in [5, 5.41) is 0. The van der Waals surface area contributed by atoms with Crippen molar-refractivity contribution in [3.8, 4) is 0 Å². The summed E-state index contributed by atoms with van der Waals surface area (Å²) in [5.41, 5.74) is 1.42. The molecule has 0 aliphatic heterocycles. The standard InChI is InChI=1S/C31H23OS2.BF4/c32-31(24-11-4-1-5-12-24)25-13-10-14-27(23-25)33-26-19-21-30(22-20-26)34(28-15-6-2-7-16-28)29-17-8-3-9-18-29;2-1(3,4)5/h1-23H;/q+1;-1. The average Bonchev–Trinajstić information content (AvgIpc) is 2.95. The summed E-state index contributed by atoms with van der Waals surface area (Å²) >= 11 is 1.68. The zero-order valence-electron chi connectivity index (χ0n) is 20.6. The van der Waals surface area contributed by atoms with Crippen molar-refractivity contribution in [1.82, 2.24) is 0 Å². The molecule has 5 aromatic rings. The summed E-state index contributed by atoms with van der Waals surface area (Å²) < 4.78 is 39.0. The highest BCUT2D eigenvalue weighted by molar-refractivity contribution is 7.99. The Bertz CT molecular complexity index is 1440. The third-order valence-electron chi connectivity index (χ3n) is 5.39. The molecule has 0 spiro atoms. The Labute approximate surface area is 232 Å². The van der Waals surface area contributed by atoms with Crippen molar-refractivity contribution in [2.24, 2.45) is 0 Å². The largest absolute Gasteiger partial charge is 0.673 e. The van der Waals surface area contributed by atoms with E-state index < -0.39 is 7.25 Å². The molecule has 0 saturated heterocycles. The fourth-order valence-corrected chi connectivity index (χ4v) is 6.72. The minimum absolute atomic E-state index is 0.0492. The summed E-state index contributed by atoms with van der Waals surface area (Å²) in [6.07, 6.45) is 0. The van der Waals surface area contributed by atoms with E-state index in [2.05, 4.69) is 91.0 Å². The van der Waals surface area contributed by atoms with E-state index >= 15 is 0 Å². The molecule has 0 fully saturated rings. The number of carbonyl (C=O) groups excluding carboxylic acids is 1. The van der Waals surface area contributed by atoms with E-state index in [1.807, 2.05) is 48.5 Å². The predicted molar refractivity (Wildman–Crippen MR) is 152 cm³/mol. The van der Waals surface area contributed by atoms with Gasteiger partial charge in [0.25, 0.3) is 0 Å². The molecule has 0 heterocycles. The number of carbonyl (C=O) groups is 1. The maximum atomic E-state index is 12.8. The molecule has 0 unspecified atom stereocenters. The molecular weight excluding hydrogens is 539 g/mol. The van der Waals surface area contributed by atoms with Gasteiger partial charge < -0.3 is 17.3 Å². The van der Waals surface area contributed by atoms with Crippen molar-refractivity contribution in [2.75, 3.05) is 0 Å². The Hall–Kier alpha value is -3.75. The molecule has 0 aliphatic carbocycles. The minimum Gasteiger partial charge on any atom is -0.418 e. The van der Waals surface area contributed by atoms with Gasteiger partial charge in [0.15, 0.2) is 20.5 Å². The molecule has 0 aromatic heterocycles. The molecule has 5 rings (SSSR count). The Balaban J connectivity index is 0.000000648. The molecule has 1 nitrogen and oxygen atoms in total. The Morgan fingerprint density at radius 3 is 1.46 bits per heavy atom. The summed E-state index contributed by atoms with van der Waals surface area (Å²) in [4.78, 5) is 18.9. The maximum Gasteiger partial charge on any atom is 0.673 e. The highest BCUT2D eigenvalue weighted by Crippen LogP contribution is 2.34. The van der Waals surface area contributed by atoms with E-state index in [-0.39, 0.29) is 16.7 Å². The molecule has 8 heteroatoms. The fourth-order valence-electron chi connectivity index (χ4n) is 3.76. The highest BCUT2D eigenvalue weighted by Gasteiger charge is 2.28. The molecule has 0 atom stereocenters. The molecule has 0 amide bonds. The van der Waals surface area contributed by atoms with Crippen LogP contribution in [0.3, 0.4) is 0 Å². The molecule has 39 heavy (non-hydrogen) atoms. The van der Waals surface area contributed by atoms with Gasteiger partial charge in [-0.05, 0) is 60.7 Å². The first-order chi connectivity index (χ1) is 18.8. The van der Waals surface area contributed by atoms with Crippen LogP contribution in [0, 0.1) is 0 Å². The van der Waals surface area contributed by atoms with E-state index in [0.717, 1.165) is 9.79 Å². The zero-order valence-corrected chi connectivity index (χ0v) is 22.2. The van der Waals surface area contributed by atoms with Crippen LogP contribution in [0.15, 0.2) is 164 Å². The van der Waals surface area contributed by atoms with Gasteiger partial charge in [0.1, 0.15) is 0 Å². The van der Waals surface area contributed by atoms with Crippen LogP contribution in [0.5, 0.6) is 0 Å². The lowest BCUT2D eigenvalue weighted by Crippen LogP contribution is -2.04. The van der Waals surface area contributed by atoms with Crippen LogP contribution in [0.1, 0.15) is 15.9 Å². The lowest BCUT2D eigenvalue weighted by atomic mass is 10.0. The molecule has 0 radical (unpaired) electrons. The Morgan fingerprint density at radius 2 is 0.949 bits per heavy atom. The summed E-state index contributed by atoms with van der Waals surface area (Å²) in [7, 11) is -6.15. The third kappa shape index (κ3) is 8.63. The minimum atomic E-state index is -6.00. The quantitative estimate of drug-likeness (QED) is 0.0851. The second-order valence-electron chi connectivity index (χ2n) is 8.22. The number of halogens is 4.